The van der Waals surface area contributed by atoms with E-state index in [0.717, 1.165) is 5.56 Å². The van der Waals surface area contributed by atoms with Gasteiger partial charge in [-0.05, 0) is 36.8 Å². The first-order chi connectivity index (χ1) is 8.81. The molecule has 2 heterocycles. The van der Waals surface area contributed by atoms with E-state index in [1.165, 1.54) is 0 Å². The van der Waals surface area contributed by atoms with E-state index in [-0.39, 0.29) is 5.91 Å². The van der Waals surface area contributed by atoms with Crippen molar-refractivity contribution < 1.29 is 4.79 Å². The molecule has 0 saturated carbocycles. The average molecular weight is 241 g/mol. The lowest BCUT2D eigenvalue weighted by atomic mass is 10.2. The summed E-state index contributed by atoms with van der Waals surface area (Å²) in [5.41, 5.74) is 1.75. The van der Waals surface area contributed by atoms with Crippen LogP contribution >= 0.6 is 0 Å². The molecule has 0 saturated heterocycles. The van der Waals surface area contributed by atoms with Crippen LogP contribution in [0, 0.1) is 0 Å². The van der Waals surface area contributed by atoms with Crippen LogP contribution in [-0.2, 0) is 6.54 Å². The van der Waals surface area contributed by atoms with Gasteiger partial charge >= 0.3 is 0 Å². The summed E-state index contributed by atoms with van der Waals surface area (Å²) in [4.78, 5) is 21.9. The standard InChI is InChI=1S/C14H15N3O/c1-2-17(11-12-3-7-15-8-4-12)14(18)13-5-9-16-10-6-13/h3-10H,2,11H2,1H3. The molecule has 1 amide bonds. The van der Waals surface area contributed by atoms with Gasteiger partial charge in [0, 0.05) is 43.4 Å². The fraction of sp³-hybridized carbons (Fsp3) is 0.214. The molecule has 18 heavy (non-hydrogen) atoms. The molecule has 2 rings (SSSR count). The molecule has 0 radical (unpaired) electrons. The van der Waals surface area contributed by atoms with Gasteiger partial charge in [0.25, 0.3) is 5.91 Å². The van der Waals surface area contributed by atoms with E-state index in [1.807, 2.05) is 19.1 Å². The largest absolute Gasteiger partial charge is 0.335 e. The number of amides is 1. The Kier molecular flexibility index (Phi) is 4.02. The highest BCUT2D eigenvalue weighted by molar-refractivity contribution is 5.94. The molecule has 0 fully saturated rings. The van der Waals surface area contributed by atoms with Crippen LogP contribution in [0.15, 0.2) is 49.1 Å². The van der Waals surface area contributed by atoms with Gasteiger partial charge in [-0.2, -0.15) is 0 Å². The first kappa shape index (κ1) is 12.2. The summed E-state index contributed by atoms with van der Waals surface area (Å²) in [5, 5.41) is 0. The Hall–Kier alpha value is -2.23. The minimum Gasteiger partial charge on any atom is -0.335 e. The first-order valence-corrected chi connectivity index (χ1v) is 5.89. The van der Waals surface area contributed by atoms with Crippen LogP contribution in [0.25, 0.3) is 0 Å². The molecule has 0 aliphatic rings. The van der Waals surface area contributed by atoms with E-state index in [9.17, 15) is 4.79 Å². The second-order valence-electron chi connectivity index (χ2n) is 3.91. The molecule has 0 aliphatic heterocycles. The Labute approximate surface area is 106 Å². The van der Waals surface area contributed by atoms with Crippen LogP contribution in [0.1, 0.15) is 22.8 Å². The lowest BCUT2D eigenvalue weighted by Gasteiger charge is -2.20. The molecule has 2 aromatic rings. The molecule has 4 heteroatoms. The molecule has 4 nitrogen and oxygen atoms in total. The molecule has 0 atom stereocenters. The molecule has 92 valence electrons. The molecule has 0 spiro atoms. The van der Waals surface area contributed by atoms with Gasteiger partial charge in [-0.25, -0.2) is 0 Å². The summed E-state index contributed by atoms with van der Waals surface area (Å²) in [6, 6.07) is 7.31. The van der Waals surface area contributed by atoms with E-state index in [4.69, 9.17) is 0 Å². The number of hydrogen-bond donors (Lipinski definition) is 0. The lowest BCUT2D eigenvalue weighted by molar-refractivity contribution is 0.0752. The van der Waals surface area contributed by atoms with Crippen molar-refractivity contribution in [1.82, 2.24) is 14.9 Å². The van der Waals surface area contributed by atoms with Gasteiger partial charge in [-0.3, -0.25) is 14.8 Å². The van der Waals surface area contributed by atoms with Crippen molar-refractivity contribution in [2.75, 3.05) is 6.54 Å². The summed E-state index contributed by atoms with van der Waals surface area (Å²) < 4.78 is 0. The molecule has 2 aromatic heterocycles. The van der Waals surface area contributed by atoms with E-state index in [1.54, 1.807) is 41.8 Å². The Balaban J connectivity index is 2.12. The fourth-order valence-electron chi connectivity index (χ4n) is 1.71. The van der Waals surface area contributed by atoms with Crippen LogP contribution in [0.5, 0.6) is 0 Å². The maximum atomic E-state index is 12.3. The lowest BCUT2D eigenvalue weighted by Crippen LogP contribution is -2.30. The summed E-state index contributed by atoms with van der Waals surface area (Å²) in [7, 11) is 0. The van der Waals surface area contributed by atoms with Crippen molar-refractivity contribution in [1.29, 1.82) is 0 Å². The number of hydrogen-bond acceptors (Lipinski definition) is 3. The van der Waals surface area contributed by atoms with Crippen molar-refractivity contribution in [2.45, 2.75) is 13.5 Å². The smallest absolute Gasteiger partial charge is 0.254 e. The third kappa shape index (κ3) is 2.91. The monoisotopic (exact) mass is 241 g/mol. The zero-order valence-corrected chi connectivity index (χ0v) is 10.3. The molecular formula is C14H15N3O. The zero-order chi connectivity index (χ0) is 12.8. The quantitative estimate of drug-likeness (QED) is 0.823. The molecular weight excluding hydrogens is 226 g/mol. The van der Waals surface area contributed by atoms with Gasteiger partial charge in [0.15, 0.2) is 0 Å². The Morgan fingerprint density at radius 1 is 1.06 bits per heavy atom. The van der Waals surface area contributed by atoms with Crippen molar-refractivity contribution in [2.24, 2.45) is 0 Å². The Bertz CT molecular complexity index is 499. The normalized spacial score (nSPS) is 10.1. The van der Waals surface area contributed by atoms with Crippen LogP contribution in [-0.4, -0.2) is 27.3 Å². The average Bonchev–Trinajstić information content (AvgIpc) is 2.46. The van der Waals surface area contributed by atoms with Crippen LogP contribution < -0.4 is 0 Å². The number of carbonyl (C=O) groups excluding carboxylic acids is 1. The number of carbonyl (C=O) groups is 1. The first-order valence-electron chi connectivity index (χ1n) is 5.89. The van der Waals surface area contributed by atoms with Crippen LogP contribution in [0.4, 0.5) is 0 Å². The zero-order valence-electron chi connectivity index (χ0n) is 10.3. The van der Waals surface area contributed by atoms with Gasteiger partial charge in [-0.15, -0.1) is 0 Å². The molecule has 0 aromatic carbocycles. The SMILES string of the molecule is CCN(Cc1ccncc1)C(=O)c1ccncc1. The predicted molar refractivity (Wildman–Crippen MR) is 68.9 cm³/mol. The maximum absolute atomic E-state index is 12.3. The van der Waals surface area contributed by atoms with Crippen LogP contribution in [0.2, 0.25) is 0 Å². The van der Waals surface area contributed by atoms with Crippen molar-refractivity contribution >= 4 is 5.91 Å². The molecule has 0 N–H and O–H groups in total. The minimum absolute atomic E-state index is 0.0247. The van der Waals surface area contributed by atoms with E-state index in [0.29, 0.717) is 18.7 Å². The van der Waals surface area contributed by atoms with Gasteiger partial charge < -0.3 is 4.90 Å². The van der Waals surface area contributed by atoms with Gasteiger partial charge in [-0.1, -0.05) is 0 Å². The maximum Gasteiger partial charge on any atom is 0.254 e. The van der Waals surface area contributed by atoms with E-state index in [2.05, 4.69) is 9.97 Å². The Morgan fingerprint density at radius 2 is 1.61 bits per heavy atom. The topological polar surface area (TPSA) is 46.1 Å². The second-order valence-corrected chi connectivity index (χ2v) is 3.91. The third-order valence-electron chi connectivity index (χ3n) is 2.72. The summed E-state index contributed by atoms with van der Waals surface area (Å²) in [5.74, 6) is 0.0247. The van der Waals surface area contributed by atoms with Crippen molar-refractivity contribution in [3.8, 4) is 0 Å². The minimum atomic E-state index is 0.0247. The summed E-state index contributed by atoms with van der Waals surface area (Å²) in [6.45, 7) is 3.24. The highest BCUT2D eigenvalue weighted by Gasteiger charge is 2.13. The van der Waals surface area contributed by atoms with Crippen molar-refractivity contribution in [3.63, 3.8) is 0 Å². The number of pyridine rings is 2. The molecule has 0 unspecified atom stereocenters. The number of aromatic nitrogens is 2. The molecule has 0 aliphatic carbocycles. The number of rotatable bonds is 4. The highest BCUT2D eigenvalue weighted by Crippen LogP contribution is 2.08. The third-order valence-corrected chi connectivity index (χ3v) is 2.72. The summed E-state index contributed by atoms with van der Waals surface area (Å²) >= 11 is 0. The highest BCUT2D eigenvalue weighted by atomic mass is 16.2. The Morgan fingerprint density at radius 3 is 2.17 bits per heavy atom. The van der Waals surface area contributed by atoms with Gasteiger partial charge in [0.2, 0.25) is 0 Å². The van der Waals surface area contributed by atoms with Crippen molar-refractivity contribution in [3.05, 3.63) is 60.2 Å². The second kappa shape index (κ2) is 5.91. The van der Waals surface area contributed by atoms with E-state index < -0.39 is 0 Å². The molecule has 0 bridgehead atoms. The van der Waals surface area contributed by atoms with Gasteiger partial charge in [0.1, 0.15) is 0 Å². The fourth-order valence-corrected chi connectivity index (χ4v) is 1.71. The van der Waals surface area contributed by atoms with Gasteiger partial charge in [0.05, 0.1) is 0 Å². The summed E-state index contributed by atoms with van der Waals surface area (Å²) in [6.07, 6.45) is 6.74. The number of nitrogens with zero attached hydrogens (tertiary/aromatic N) is 3. The predicted octanol–water partition coefficient (Wildman–Crippen LogP) is 2.14. The van der Waals surface area contributed by atoms with Crippen LogP contribution in [0.3, 0.4) is 0 Å². The van der Waals surface area contributed by atoms with E-state index >= 15 is 0 Å².